The number of rotatable bonds is 0. The third-order valence-corrected chi connectivity index (χ3v) is 3.66. The van der Waals surface area contributed by atoms with Gasteiger partial charge in [0.2, 0.25) is 0 Å². The van der Waals surface area contributed by atoms with Crippen LogP contribution in [0.15, 0.2) is 28.7 Å². The molecule has 0 amide bonds. The molecule has 3 nitrogen and oxygen atoms in total. The summed E-state index contributed by atoms with van der Waals surface area (Å²) in [5.74, 6) is -1.27. The van der Waals surface area contributed by atoms with E-state index in [-0.39, 0.29) is 0 Å². The second-order valence-corrected chi connectivity index (χ2v) is 4.88. The summed E-state index contributed by atoms with van der Waals surface area (Å²) < 4.78 is 5.39. The van der Waals surface area contributed by atoms with Gasteiger partial charge in [-0.3, -0.25) is 0 Å². The smallest absolute Gasteiger partial charge is 0.346 e. The van der Waals surface area contributed by atoms with Gasteiger partial charge in [-0.2, -0.15) is 0 Å². The third kappa shape index (κ3) is 1.41. The quantitative estimate of drug-likeness (QED) is 0.552. The van der Waals surface area contributed by atoms with Crippen LogP contribution in [0.25, 0.3) is 10.8 Å². The topological polar surface area (TPSA) is 43.4 Å². The van der Waals surface area contributed by atoms with Crippen LogP contribution in [0.3, 0.4) is 0 Å². The van der Waals surface area contributed by atoms with Gasteiger partial charge in [0.1, 0.15) is 0 Å². The molecule has 0 saturated heterocycles. The molecule has 0 aromatic heterocycles. The van der Waals surface area contributed by atoms with Gasteiger partial charge in [-0.1, -0.05) is 27.5 Å². The van der Waals surface area contributed by atoms with Crippen molar-refractivity contribution < 1.29 is 14.3 Å². The molecular weight excluding hydrogens is 307 g/mol. The maximum Gasteiger partial charge on any atom is 0.346 e. The Kier molecular flexibility index (Phi) is 2.24. The van der Waals surface area contributed by atoms with Gasteiger partial charge in [-0.25, -0.2) is 9.59 Å². The number of hydrogen-bond donors (Lipinski definition) is 0. The second-order valence-electron chi connectivity index (χ2n) is 3.62. The number of ether oxygens (including phenoxy) is 1. The second kappa shape index (κ2) is 3.55. The Hall–Kier alpha value is -1.39. The molecule has 5 heteroatoms. The van der Waals surface area contributed by atoms with Gasteiger partial charge in [-0.05, 0) is 24.3 Å². The molecule has 2 aromatic rings. The van der Waals surface area contributed by atoms with Crippen LogP contribution in [0.2, 0.25) is 5.02 Å². The van der Waals surface area contributed by atoms with E-state index in [1.54, 1.807) is 24.3 Å². The van der Waals surface area contributed by atoms with Crippen molar-refractivity contribution in [2.75, 3.05) is 0 Å². The maximum absolute atomic E-state index is 11.6. The van der Waals surface area contributed by atoms with Crippen LogP contribution in [0.4, 0.5) is 0 Å². The molecule has 0 atom stereocenters. The molecule has 0 bridgehead atoms. The van der Waals surface area contributed by atoms with Crippen molar-refractivity contribution in [3.8, 4) is 0 Å². The molecule has 1 heterocycles. The molecule has 1 aliphatic heterocycles. The predicted molar refractivity (Wildman–Crippen MR) is 66.4 cm³/mol. The van der Waals surface area contributed by atoms with E-state index in [0.29, 0.717) is 26.9 Å². The molecule has 1 aliphatic rings. The van der Waals surface area contributed by atoms with E-state index in [1.807, 2.05) is 0 Å². The van der Waals surface area contributed by atoms with Crippen LogP contribution in [-0.4, -0.2) is 11.9 Å². The lowest BCUT2D eigenvalue weighted by Gasteiger charge is -2.16. The summed E-state index contributed by atoms with van der Waals surface area (Å²) in [6.45, 7) is 0. The van der Waals surface area contributed by atoms with Crippen LogP contribution >= 0.6 is 27.5 Å². The average molecular weight is 312 g/mol. The highest BCUT2D eigenvalue weighted by atomic mass is 79.9. The highest BCUT2D eigenvalue weighted by Crippen LogP contribution is 2.37. The molecule has 0 N–H and O–H groups in total. The minimum atomic E-state index is -0.637. The molecule has 0 aliphatic carbocycles. The van der Waals surface area contributed by atoms with Gasteiger partial charge in [0.25, 0.3) is 0 Å². The summed E-state index contributed by atoms with van der Waals surface area (Å²) >= 11 is 9.45. The van der Waals surface area contributed by atoms with Crippen molar-refractivity contribution in [1.29, 1.82) is 0 Å². The van der Waals surface area contributed by atoms with E-state index >= 15 is 0 Å². The van der Waals surface area contributed by atoms with Crippen LogP contribution < -0.4 is 0 Å². The normalized spacial score (nSPS) is 14.0. The fourth-order valence-corrected chi connectivity index (χ4v) is 2.87. The van der Waals surface area contributed by atoms with Gasteiger partial charge >= 0.3 is 11.9 Å². The first-order valence-electron chi connectivity index (χ1n) is 4.77. The Balaban J connectivity index is 2.61. The van der Waals surface area contributed by atoms with Crippen molar-refractivity contribution in [1.82, 2.24) is 0 Å². The first-order chi connectivity index (χ1) is 8.09. The SMILES string of the molecule is O=C1OC(=O)c2ccc(Br)c3c(Cl)ccc1c23. The van der Waals surface area contributed by atoms with E-state index in [2.05, 4.69) is 20.7 Å². The van der Waals surface area contributed by atoms with Crippen molar-refractivity contribution in [2.24, 2.45) is 0 Å². The number of carbonyl (C=O) groups excluding carboxylic acids is 2. The van der Waals surface area contributed by atoms with Gasteiger partial charge in [0, 0.05) is 20.3 Å². The number of halogens is 2. The predicted octanol–water partition coefficient (Wildman–Crippen LogP) is 3.57. The fraction of sp³-hybridized carbons (Fsp3) is 0. The summed E-state index contributed by atoms with van der Waals surface area (Å²) in [6.07, 6.45) is 0. The van der Waals surface area contributed by atoms with E-state index in [0.717, 1.165) is 4.47 Å². The Morgan fingerprint density at radius 1 is 0.941 bits per heavy atom. The fourth-order valence-electron chi connectivity index (χ4n) is 1.95. The standard InChI is InChI=1S/C12H4BrClO3/c13-7-3-1-5-9-6(12(16)17-11(5)15)2-4-8(14)10(7)9/h1-4H. The van der Waals surface area contributed by atoms with Crippen molar-refractivity contribution in [3.63, 3.8) is 0 Å². The summed E-state index contributed by atoms with van der Waals surface area (Å²) in [7, 11) is 0. The highest BCUT2D eigenvalue weighted by Gasteiger charge is 2.28. The highest BCUT2D eigenvalue weighted by molar-refractivity contribution is 9.10. The lowest BCUT2D eigenvalue weighted by atomic mass is 9.97. The molecule has 3 rings (SSSR count). The number of carbonyl (C=O) groups is 2. The first-order valence-corrected chi connectivity index (χ1v) is 5.94. The first kappa shape index (κ1) is 10.7. The summed E-state index contributed by atoms with van der Waals surface area (Å²) in [6, 6.07) is 6.51. The van der Waals surface area contributed by atoms with Gasteiger partial charge in [0.05, 0.1) is 11.1 Å². The Labute approximate surface area is 109 Å². The van der Waals surface area contributed by atoms with Crippen LogP contribution in [-0.2, 0) is 4.74 Å². The maximum atomic E-state index is 11.6. The lowest BCUT2D eigenvalue weighted by Crippen LogP contribution is -2.19. The average Bonchev–Trinajstić information content (AvgIpc) is 2.28. The van der Waals surface area contributed by atoms with Crippen molar-refractivity contribution >= 4 is 50.2 Å². The molecule has 0 fully saturated rings. The molecular formula is C12H4BrClO3. The molecule has 0 radical (unpaired) electrons. The summed E-state index contributed by atoms with van der Waals surface area (Å²) in [4.78, 5) is 23.2. The number of benzene rings is 2. The lowest BCUT2D eigenvalue weighted by molar-refractivity contribution is 0.0391. The molecule has 0 saturated carbocycles. The molecule has 2 aromatic carbocycles. The van der Waals surface area contributed by atoms with Crippen LogP contribution in [0.5, 0.6) is 0 Å². The number of hydrogen-bond acceptors (Lipinski definition) is 3. The van der Waals surface area contributed by atoms with E-state index in [9.17, 15) is 9.59 Å². The zero-order chi connectivity index (χ0) is 12.2. The molecule has 17 heavy (non-hydrogen) atoms. The van der Waals surface area contributed by atoms with Gasteiger partial charge < -0.3 is 4.74 Å². The molecule has 0 spiro atoms. The van der Waals surface area contributed by atoms with E-state index in [1.165, 1.54) is 0 Å². The Bertz CT molecular complexity index is 639. The zero-order valence-corrected chi connectivity index (χ0v) is 10.6. The molecule has 0 unspecified atom stereocenters. The Morgan fingerprint density at radius 2 is 1.53 bits per heavy atom. The largest absolute Gasteiger partial charge is 0.386 e. The Morgan fingerprint density at radius 3 is 2.18 bits per heavy atom. The van der Waals surface area contributed by atoms with Gasteiger partial charge in [-0.15, -0.1) is 0 Å². The zero-order valence-electron chi connectivity index (χ0n) is 8.29. The summed E-state index contributed by atoms with van der Waals surface area (Å²) in [5.41, 5.74) is 0.723. The van der Waals surface area contributed by atoms with Crippen molar-refractivity contribution in [3.05, 3.63) is 44.9 Å². The number of esters is 2. The van der Waals surface area contributed by atoms with E-state index in [4.69, 9.17) is 11.6 Å². The third-order valence-electron chi connectivity index (χ3n) is 2.68. The number of cyclic esters (lactones) is 2. The van der Waals surface area contributed by atoms with Crippen molar-refractivity contribution in [2.45, 2.75) is 0 Å². The van der Waals surface area contributed by atoms with E-state index < -0.39 is 11.9 Å². The van der Waals surface area contributed by atoms with Crippen LogP contribution in [0.1, 0.15) is 20.7 Å². The minimum absolute atomic E-state index is 0.361. The van der Waals surface area contributed by atoms with Crippen LogP contribution in [0, 0.1) is 0 Å². The molecule has 84 valence electrons. The summed E-state index contributed by atoms with van der Waals surface area (Å²) in [5, 5.41) is 1.69. The van der Waals surface area contributed by atoms with Gasteiger partial charge in [0.15, 0.2) is 0 Å². The monoisotopic (exact) mass is 310 g/mol. The minimum Gasteiger partial charge on any atom is -0.386 e.